The van der Waals surface area contributed by atoms with Crippen molar-refractivity contribution >= 4 is 5.91 Å². The van der Waals surface area contributed by atoms with Crippen LogP contribution in [0.1, 0.15) is 28.8 Å². The number of benzene rings is 2. The molecule has 3 heterocycles. The maximum absolute atomic E-state index is 15.4. The molecule has 2 aromatic rings. The molecule has 0 aliphatic carbocycles. The number of rotatable bonds is 4. The van der Waals surface area contributed by atoms with Crippen LogP contribution in [0.3, 0.4) is 0 Å². The average molecular weight is 557 g/mol. The quantitative estimate of drug-likeness (QED) is 0.306. The average Bonchev–Trinajstić information content (AvgIpc) is 2.92. The van der Waals surface area contributed by atoms with Gasteiger partial charge >= 0.3 is 12.5 Å². The van der Waals surface area contributed by atoms with E-state index in [1.54, 1.807) is 24.3 Å². The summed E-state index contributed by atoms with van der Waals surface area (Å²) in [5.41, 5.74) is -2.81. The summed E-state index contributed by atoms with van der Waals surface area (Å²) < 4.78 is 95.4. The van der Waals surface area contributed by atoms with Gasteiger partial charge in [0.05, 0.1) is 25.8 Å². The van der Waals surface area contributed by atoms with Gasteiger partial charge in [0, 0.05) is 31.5 Å². The van der Waals surface area contributed by atoms with Gasteiger partial charge in [0.25, 0.3) is 5.91 Å². The minimum Gasteiger partial charge on any atom is -0.379 e. The van der Waals surface area contributed by atoms with Crippen LogP contribution in [0.4, 0.5) is 26.3 Å². The van der Waals surface area contributed by atoms with Crippen molar-refractivity contribution in [3.63, 3.8) is 0 Å². The lowest BCUT2D eigenvalue weighted by Crippen LogP contribution is -2.84. The summed E-state index contributed by atoms with van der Waals surface area (Å²) in [7, 11) is 0. The normalized spacial score (nSPS) is 30.6. The van der Waals surface area contributed by atoms with Crippen LogP contribution >= 0.6 is 0 Å². The van der Waals surface area contributed by atoms with Crippen LogP contribution in [0.15, 0.2) is 60.7 Å². The summed E-state index contributed by atoms with van der Waals surface area (Å²) in [6.45, 7) is -0.736. The smallest absolute Gasteiger partial charge is 0.379 e. The van der Waals surface area contributed by atoms with Crippen LogP contribution in [0.5, 0.6) is 0 Å². The van der Waals surface area contributed by atoms with Gasteiger partial charge in [-0.3, -0.25) is 9.69 Å². The number of alkyl halides is 6. The topological polar surface area (TPSA) is 32.8 Å². The van der Waals surface area contributed by atoms with Gasteiger partial charge in [-0.15, -0.1) is 13.2 Å². The van der Waals surface area contributed by atoms with Crippen LogP contribution in [0.2, 0.25) is 0 Å². The molecule has 212 valence electrons. The van der Waals surface area contributed by atoms with Gasteiger partial charge < -0.3 is 9.64 Å². The fourth-order valence-corrected chi connectivity index (χ4v) is 6.71. The van der Waals surface area contributed by atoms with Crippen LogP contribution in [-0.2, 0) is 11.2 Å². The highest BCUT2D eigenvalue weighted by Crippen LogP contribution is 2.51. The third kappa shape index (κ3) is 5.04. The van der Waals surface area contributed by atoms with Crippen molar-refractivity contribution in [1.29, 1.82) is 0 Å². The number of hydrogen-bond acceptors (Lipinski definition) is 3. The third-order valence-corrected chi connectivity index (χ3v) is 8.72. The van der Waals surface area contributed by atoms with E-state index in [9.17, 15) is 4.79 Å². The summed E-state index contributed by atoms with van der Waals surface area (Å²) in [4.78, 5) is 16.3. The molecule has 3 aliphatic heterocycles. The first-order valence-electron chi connectivity index (χ1n) is 13.2. The second-order valence-electron chi connectivity index (χ2n) is 10.8. The standard InChI is InChI=1S/C28H32F6N3O2/c29-27(30,31)26(17-21-7-3-1-4-8-21)20-37(28(32,33)34)19-23(35-13-15-39-16-14-35)11-12-24(37)18-36(26)25(38)22-9-5-2-6-10-22/h1-10,23-24H,11-20H2/q+1/t23-,24-,26-,37?/m1/s1. The third-order valence-electron chi connectivity index (χ3n) is 8.72. The van der Waals surface area contributed by atoms with E-state index in [0.29, 0.717) is 37.6 Å². The number of morpholine rings is 1. The number of ether oxygens (including phenoxy) is 1. The van der Waals surface area contributed by atoms with Gasteiger partial charge in [-0.2, -0.15) is 13.2 Å². The van der Waals surface area contributed by atoms with Crippen LogP contribution in [-0.4, -0.2) is 96.2 Å². The zero-order chi connectivity index (χ0) is 27.9. The summed E-state index contributed by atoms with van der Waals surface area (Å²) in [5.74, 6) is -0.904. The van der Waals surface area contributed by atoms with E-state index in [1.165, 1.54) is 36.4 Å². The molecular formula is C28H32F6N3O2+. The number of piperidine rings is 1. The Balaban J connectivity index is 1.63. The van der Waals surface area contributed by atoms with E-state index in [4.69, 9.17) is 4.74 Å². The Kier molecular flexibility index (Phi) is 7.45. The molecule has 2 aromatic carbocycles. The van der Waals surface area contributed by atoms with Crippen molar-refractivity contribution in [3.05, 3.63) is 71.8 Å². The predicted octanol–water partition coefficient (Wildman–Crippen LogP) is 4.89. The number of halogens is 6. The van der Waals surface area contributed by atoms with Crippen molar-refractivity contribution in [2.45, 2.75) is 49.4 Å². The Morgan fingerprint density at radius 3 is 2.13 bits per heavy atom. The van der Waals surface area contributed by atoms with Gasteiger partial charge in [0.2, 0.25) is 0 Å². The van der Waals surface area contributed by atoms with Crippen molar-refractivity contribution in [1.82, 2.24) is 9.80 Å². The molecule has 0 N–H and O–H groups in total. The number of piperazine rings is 1. The highest BCUT2D eigenvalue weighted by Gasteiger charge is 2.74. The Morgan fingerprint density at radius 2 is 1.54 bits per heavy atom. The van der Waals surface area contributed by atoms with Crippen LogP contribution in [0.25, 0.3) is 0 Å². The van der Waals surface area contributed by atoms with Crippen LogP contribution < -0.4 is 0 Å². The monoisotopic (exact) mass is 556 g/mol. The molecule has 3 saturated heterocycles. The van der Waals surface area contributed by atoms with Crippen molar-refractivity contribution < 1.29 is 40.4 Å². The molecule has 1 unspecified atom stereocenters. The molecule has 5 nitrogen and oxygen atoms in total. The molecule has 0 radical (unpaired) electrons. The minimum atomic E-state index is -5.12. The lowest BCUT2D eigenvalue weighted by atomic mass is 9.79. The molecule has 0 spiro atoms. The van der Waals surface area contributed by atoms with Gasteiger partial charge in [-0.05, 0) is 24.1 Å². The first-order chi connectivity index (χ1) is 18.5. The number of fused-ring (bicyclic) bond motifs is 1. The largest absolute Gasteiger partial charge is 0.561 e. The Bertz CT molecular complexity index is 1140. The highest BCUT2D eigenvalue weighted by molar-refractivity contribution is 5.95. The summed E-state index contributed by atoms with van der Waals surface area (Å²) in [5, 5.41) is 0. The first kappa shape index (κ1) is 27.9. The number of nitrogens with zero attached hydrogens (tertiary/aromatic N) is 3. The molecule has 11 heteroatoms. The van der Waals surface area contributed by atoms with E-state index in [2.05, 4.69) is 0 Å². The second kappa shape index (κ2) is 10.4. The number of hydrogen-bond donors (Lipinski definition) is 0. The Labute approximate surface area is 223 Å². The second-order valence-corrected chi connectivity index (χ2v) is 10.8. The molecule has 4 atom stereocenters. The SMILES string of the molecule is O=C(c1ccccc1)N1C[C@H]2CC[C@@H](N3CCOCC3)C[N+]2(C(F)(F)F)C[C@]1(Cc1ccccc1)C(F)(F)F. The van der Waals surface area contributed by atoms with E-state index < -0.39 is 66.5 Å². The number of carbonyl (C=O) groups is 1. The fourth-order valence-electron chi connectivity index (χ4n) is 6.71. The minimum absolute atomic E-state index is 0.0215. The highest BCUT2D eigenvalue weighted by atomic mass is 19.4. The van der Waals surface area contributed by atoms with E-state index >= 15 is 26.3 Å². The molecular weight excluding hydrogens is 524 g/mol. The first-order valence-corrected chi connectivity index (χ1v) is 13.2. The van der Waals surface area contributed by atoms with Crippen molar-refractivity contribution in [3.8, 4) is 0 Å². The predicted molar refractivity (Wildman–Crippen MR) is 132 cm³/mol. The summed E-state index contributed by atoms with van der Waals surface area (Å²) >= 11 is 0. The molecule has 0 saturated carbocycles. The van der Waals surface area contributed by atoms with Gasteiger partial charge in [-0.1, -0.05) is 48.5 Å². The molecule has 0 bridgehead atoms. The number of quaternary nitrogens is 1. The van der Waals surface area contributed by atoms with Gasteiger partial charge in [-0.25, -0.2) is 4.48 Å². The van der Waals surface area contributed by atoms with Gasteiger partial charge in [0.1, 0.15) is 19.1 Å². The molecule has 39 heavy (non-hydrogen) atoms. The zero-order valence-corrected chi connectivity index (χ0v) is 21.4. The van der Waals surface area contributed by atoms with Crippen LogP contribution in [0, 0.1) is 0 Å². The molecule has 3 fully saturated rings. The maximum atomic E-state index is 15.4. The number of carbonyl (C=O) groups excluding carboxylic acids is 1. The molecule has 0 aromatic heterocycles. The van der Waals surface area contributed by atoms with Crippen molar-refractivity contribution in [2.75, 3.05) is 45.9 Å². The van der Waals surface area contributed by atoms with Crippen molar-refractivity contribution in [2.24, 2.45) is 0 Å². The maximum Gasteiger partial charge on any atom is 0.561 e. The lowest BCUT2D eigenvalue weighted by Gasteiger charge is -2.61. The van der Waals surface area contributed by atoms with E-state index in [1.807, 2.05) is 4.90 Å². The molecule has 1 amide bonds. The Morgan fingerprint density at radius 1 is 0.923 bits per heavy atom. The van der Waals surface area contributed by atoms with E-state index in [0.717, 1.165) is 0 Å². The zero-order valence-electron chi connectivity index (χ0n) is 21.4. The van der Waals surface area contributed by atoms with Gasteiger partial charge in [0.15, 0.2) is 5.54 Å². The fraction of sp³-hybridized carbons (Fsp3) is 0.536. The summed E-state index contributed by atoms with van der Waals surface area (Å²) in [6, 6.07) is 13.5. The number of amides is 1. The Hall–Kier alpha value is -2.63. The molecule has 3 aliphatic rings. The van der Waals surface area contributed by atoms with E-state index in [-0.39, 0.29) is 17.5 Å². The summed E-state index contributed by atoms with van der Waals surface area (Å²) in [6.07, 6.45) is -10.3. The molecule has 5 rings (SSSR count). The lowest BCUT2D eigenvalue weighted by molar-refractivity contribution is -1.06.